The molecule has 1 unspecified atom stereocenters. The Labute approximate surface area is 131 Å². The molecule has 0 aromatic heterocycles. The number of urea groups is 1. The summed E-state index contributed by atoms with van der Waals surface area (Å²) in [7, 11) is 1.59. The van der Waals surface area contributed by atoms with Gasteiger partial charge in [-0.2, -0.15) is 13.2 Å². The first-order valence-electron chi connectivity index (χ1n) is 6.73. The zero-order chi connectivity index (χ0) is 16.3. The molecule has 4 nitrogen and oxygen atoms in total. The van der Waals surface area contributed by atoms with E-state index in [2.05, 4.69) is 5.32 Å². The highest BCUT2D eigenvalue weighted by Crippen LogP contribution is 2.36. The van der Waals surface area contributed by atoms with Crippen molar-refractivity contribution in [2.45, 2.75) is 12.6 Å². The van der Waals surface area contributed by atoms with E-state index in [1.54, 1.807) is 12.0 Å². The number of methoxy groups -OCH3 is 1. The smallest absolute Gasteiger partial charge is 0.384 e. The number of carbonyl (C=O) groups is 1. The van der Waals surface area contributed by atoms with Gasteiger partial charge in [-0.1, -0.05) is 11.6 Å². The van der Waals surface area contributed by atoms with E-state index in [0.717, 1.165) is 18.6 Å². The Morgan fingerprint density at radius 3 is 2.86 bits per heavy atom. The molecule has 1 fully saturated rings. The van der Waals surface area contributed by atoms with Gasteiger partial charge in [0.15, 0.2) is 0 Å². The zero-order valence-electron chi connectivity index (χ0n) is 11.9. The second kappa shape index (κ2) is 6.75. The summed E-state index contributed by atoms with van der Waals surface area (Å²) < 4.78 is 43.4. The molecule has 0 saturated carbocycles. The third-order valence-corrected chi connectivity index (χ3v) is 3.83. The molecule has 2 rings (SSSR count). The van der Waals surface area contributed by atoms with Crippen molar-refractivity contribution in [1.29, 1.82) is 0 Å². The van der Waals surface area contributed by atoms with E-state index in [4.69, 9.17) is 16.3 Å². The molecule has 2 amide bonds. The average Bonchev–Trinajstić information content (AvgIpc) is 2.89. The fourth-order valence-corrected chi connectivity index (χ4v) is 2.64. The SMILES string of the molecule is COCC1CCN(C(=O)Nc2ccc(Cl)c(C(F)(F)F)c2)C1. The van der Waals surface area contributed by atoms with Crippen LogP contribution in [0.1, 0.15) is 12.0 Å². The molecular weight excluding hydrogens is 321 g/mol. The topological polar surface area (TPSA) is 41.6 Å². The van der Waals surface area contributed by atoms with Crippen LogP contribution < -0.4 is 5.32 Å². The predicted octanol–water partition coefficient (Wildman–Crippen LogP) is 3.86. The number of likely N-dealkylation sites (tertiary alicyclic amines) is 1. The molecule has 22 heavy (non-hydrogen) atoms. The van der Waals surface area contributed by atoms with Crippen LogP contribution in [0.25, 0.3) is 0 Å². The Morgan fingerprint density at radius 1 is 1.50 bits per heavy atom. The standard InChI is InChI=1S/C14H16ClF3N2O2/c1-22-8-9-4-5-20(7-9)13(21)19-10-2-3-12(15)11(6-10)14(16,17)18/h2-3,6,9H,4-5,7-8H2,1H3,(H,19,21). The number of hydrogen-bond donors (Lipinski definition) is 1. The van der Waals surface area contributed by atoms with Gasteiger partial charge in [-0.25, -0.2) is 4.79 Å². The molecular formula is C14H16ClF3N2O2. The molecule has 1 saturated heterocycles. The number of nitrogens with one attached hydrogen (secondary N) is 1. The summed E-state index contributed by atoms with van der Waals surface area (Å²) in [5.74, 6) is 0.256. The van der Waals surface area contributed by atoms with Gasteiger partial charge in [0.1, 0.15) is 0 Å². The van der Waals surface area contributed by atoms with Crippen LogP contribution in [0.4, 0.5) is 23.7 Å². The molecule has 1 aromatic carbocycles. The lowest BCUT2D eigenvalue weighted by atomic mass is 10.1. The fraction of sp³-hybridized carbons (Fsp3) is 0.500. The van der Waals surface area contributed by atoms with E-state index in [0.29, 0.717) is 19.7 Å². The van der Waals surface area contributed by atoms with Crippen LogP contribution in [0.15, 0.2) is 18.2 Å². The molecule has 1 aromatic rings. The molecule has 0 bridgehead atoms. The van der Waals surface area contributed by atoms with Crippen LogP contribution in [0, 0.1) is 5.92 Å². The Bertz CT molecular complexity index is 551. The summed E-state index contributed by atoms with van der Waals surface area (Å²) in [5.41, 5.74) is -0.900. The monoisotopic (exact) mass is 336 g/mol. The first-order chi connectivity index (χ1) is 10.3. The molecule has 8 heteroatoms. The van der Waals surface area contributed by atoms with Gasteiger partial charge >= 0.3 is 12.2 Å². The first-order valence-corrected chi connectivity index (χ1v) is 7.10. The largest absolute Gasteiger partial charge is 0.417 e. The molecule has 1 heterocycles. The minimum atomic E-state index is -4.56. The normalized spacial score (nSPS) is 18.6. The number of anilines is 1. The summed E-state index contributed by atoms with van der Waals surface area (Å²) in [6.45, 7) is 1.64. The maximum atomic E-state index is 12.8. The average molecular weight is 337 g/mol. The number of rotatable bonds is 3. The van der Waals surface area contributed by atoms with Gasteiger partial charge in [-0.15, -0.1) is 0 Å². The molecule has 1 aliphatic heterocycles. The van der Waals surface area contributed by atoms with Crippen LogP contribution in [-0.4, -0.2) is 37.7 Å². The van der Waals surface area contributed by atoms with Gasteiger partial charge in [0.05, 0.1) is 17.2 Å². The molecule has 1 N–H and O–H groups in total. The molecule has 0 aliphatic carbocycles. The van der Waals surface area contributed by atoms with Gasteiger partial charge in [-0.05, 0) is 24.6 Å². The number of amides is 2. The third kappa shape index (κ3) is 4.04. The molecule has 0 spiro atoms. The highest BCUT2D eigenvalue weighted by Gasteiger charge is 2.33. The third-order valence-electron chi connectivity index (χ3n) is 3.50. The van der Waals surface area contributed by atoms with Gasteiger partial charge in [0, 0.05) is 31.8 Å². The van der Waals surface area contributed by atoms with Crippen LogP contribution in [0.3, 0.4) is 0 Å². The maximum absolute atomic E-state index is 12.8. The lowest BCUT2D eigenvalue weighted by Gasteiger charge is -2.18. The van der Waals surface area contributed by atoms with Gasteiger partial charge in [0.2, 0.25) is 0 Å². The maximum Gasteiger partial charge on any atom is 0.417 e. The van der Waals surface area contributed by atoms with Crippen LogP contribution in [0.2, 0.25) is 5.02 Å². The quantitative estimate of drug-likeness (QED) is 0.910. The fourth-order valence-electron chi connectivity index (χ4n) is 2.41. The second-order valence-electron chi connectivity index (χ2n) is 5.18. The minimum absolute atomic E-state index is 0.0666. The van der Waals surface area contributed by atoms with Crippen molar-refractivity contribution in [3.8, 4) is 0 Å². The van der Waals surface area contributed by atoms with Crippen molar-refractivity contribution in [1.82, 2.24) is 4.90 Å². The van der Waals surface area contributed by atoms with Crippen molar-refractivity contribution < 1.29 is 22.7 Å². The number of carbonyl (C=O) groups excluding carboxylic acids is 1. The van der Waals surface area contributed by atoms with Gasteiger partial charge < -0.3 is 15.0 Å². The lowest BCUT2D eigenvalue weighted by Crippen LogP contribution is -2.33. The van der Waals surface area contributed by atoms with Gasteiger partial charge in [-0.3, -0.25) is 0 Å². The van der Waals surface area contributed by atoms with E-state index in [1.807, 2.05) is 0 Å². The number of alkyl halides is 3. The summed E-state index contributed by atoms with van der Waals surface area (Å²) in [6, 6.07) is 2.88. The van der Waals surface area contributed by atoms with E-state index in [9.17, 15) is 18.0 Å². The van der Waals surface area contributed by atoms with Crippen molar-refractivity contribution in [3.63, 3.8) is 0 Å². The Kier molecular flexibility index (Phi) is 5.18. The van der Waals surface area contributed by atoms with E-state index >= 15 is 0 Å². The zero-order valence-corrected chi connectivity index (χ0v) is 12.7. The Balaban J connectivity index is 2.04. The van der Waals surface area contributed by atoms with Gasteiger partial charge in [0.25, 0.3) is 0 Å². The number of ether oxygens (including phenoxy) is 1. The van der Waals surface area contributed by atoms with Crippen molar-refractivity contribution in [2.24, 2.45) is 5.92 Å². The van der Waals surface area contributed by atoms with E-state index < -0.39 is 22.8 Å². The van der Waals surface area contributed by atoms with E-state index in [1.165, 1.54) is 6.07 Å². The van der Waals surface area contributed by atoms with Crippen LogP contribution in [0.5, 0.6) is 0 Å². The Morgan fingerprint density at radius 2 is 2.23 bits per heavy atom. The number of halogens is 4. The highest BCUT2D eigenvalue weighted by molar-refractivity contribution is 6.31. The summed E-state index contributed by atoms with van der Waals surface area (Å²) in [5, 5.41) is 2.08. The highest BCUT2D eigenvalue weighted by atomic mass is 35.5. The minimum Gasteiger partial charge on any atom is -0.384 e. The number of nitrogens with zero attached hydrogens (tertiary/aromatic N) is 1. The predicted molar refractivity (Wildman–Crippen MR) is 77.0 cm³/mol. The lowest BCUT2D eigenvalue weighted by molar-refractivity contribution is -0.137. The summed E-state index contributed by atoms with van der Waals surface area (Å²) in [6.07, 6.45) is -3.75. The van der Waals surface area contributed by atoms with Crippen molar-refractivity contribution in [3.05, 3.63) is 28.8 Å². The molecule has 122 valence electrons. The van der Waals surface area contributed by atoms with Crippen LogP contribution in [-0.2, 0) is 10.9 Å². The Hall–Kier alpha value is -1.47. The number of hydrogen-bond acceptors (Lipinski definition) is 2. The molecule has 1 aliphatic rings. The summed E-state index contributed by atoms with van der Waals surface area (Å²) >= 11 is 5.54. The van der Waals surface area contributed by atoms with Crippen molar-refractivity contribution >= 4 is 23.3 Å². The first kappa shape index (κ1) is 16.9. The second-order valence-corrected chi connectivity index (χ2v) is 5.59. The van der Waals surface area contributed by atoms with Crippen molar-refractivity contribution in [2.75, 3.05) is 32.1 Å². The van der Waals surface area contributed by atoms with E-state index in [-0.39, 0.29) is 11.6 Å². The molecule has 0 radical (unpaired) electrons. The number of benzene rings is 1. The van der Waals surface area contributed by atoms with Crippen LogP contribution >= 0.6 is 11.6 Å². The molecule has 1 atom stereocenters. The summed E-state index contributed by atoms with van der Waals surface area (Å²) in [4.78, 5) is 13.6.